The van der Waals surface area contributed by atoms with Crippen molar-refractivity contribution in [3.8, 4) is 0 Å². The zero-order valence-electron chi connectivity index (χ0n) is 9.04. The molecule has 0 bridgehead atoms. The lowest BCUT2D eigenvalue weighted by Gasteiger charge is -2.11. The topological polar surface area (TPSA) is 80.5 Å². The molecule has 1 aromatic carbocycles. The van der Waals surface area contributed by atoms with Crippen LogP contribution in [-0.4, -0.2) is 20.4 Å². The van der Waals surface area contributed by atoms with Crippen LogP contribution in [-0.2, 0) is 0 Å². The van der Waals surface area contributed by atoms with E-state index in [0.717, 1.165) is 22.0 Å². The highest BCUT2D eigenvalue weighted by Gasteiger charge is 2.14. The maximum Gasteiger partial charge on any atom is 0.104 e. The van der Waals surface area contributed by atoms with Crippen molar-refractivity contribution in [2.45, 2.75) is 6.04 Å². The normalized spacial score (nSPS) is 12.8. The Balaban J connectivity index is 2.17. The molecule has 3 N–H and O–H groups in total. The van der Waals surface area contributed by atoms with E-state index in [1.54, 1.807) is 12.4 Å². The number of nitrogens with two attached hydrogens (primary N) is 1. The zero-order chi connectivity index (χ0) is 11.7. The third kappa shape index (κ3) is 1.66. The van der Waals surface area contributed by atoms with Crippen molar-refractivity contribution in [3.63, 3.8) is 0 Å². The maximum absolute atomic E-state index is 6.18. The summed E-state index contributed by atoms with van der Waals surface area (Å²) >= 11 is 0. The van der Waals surface area contributed by atoms with Gasteiger partial charge in [0.05, 0.1) is 12.2 Å². The first kappa shape index (κ1) is 9.92. The average Bonchev–Trinajstić information content (AvgIpc) is 2.91. The Bertz CT molecular complexity index is 627. The van der Waals surface area contributed by atoms with Crippen LogP contribution >= 0.6 is 0 Å². The van der Waals surface area contributed by atoms with Crippen molar-refractivity contribution < 1.29 is 0 Å². The predicted octanol–water partition coefficient (Wildman–Crippen LogP) is 1.40. The Kier molecular flexibility index (Phi) is 2.31. The van der Waals surface area contributed by atoms with E-state index in [2.05, 4.69) is 20.4 Å². The van der Waals surface area contributed by atoms with E-state index in [9.17, 15) is 0 Å². The number of nitrogens with zero attached hydrogens (tertiary/aromatic N) is 3. The third-order valence-corrected chi connectivity index (χ3v) is 2.80. The Labute approximate surface area is 97.7 Å². The van der Waals surface area contributed by atoms with Gasteiger partial charge in [-0.1, -0.05) is 18.2 Å². The summed E-state index contributed by atoms with van der Waals surface area (Å²) in [6.45, 7) is 0. The first-order valence-electron chi connectivity index (χ1n) is 5.30. The number of aromatic amines is 1. The van der Waals surface area contributed by atoms with Gasteiger partial charge in [0.2, 0.25) is 0 Å². The number of hydrogen-bond acceptors (Lipinski definition) is 4. The largest absolute Gasteiger partial charge is 0.319 e. The molecule has 5 nitrogen and oxygen atoms in total. The molecular weight excluding hydrogens is 214 g/mol. The molecule has 1 unspecified atom stereocenters. The summed E-state index contributed by atoms with van der Waals surface area (Å²) in [6.07, 6.45) is 5.24. The van der Waals surface area contributed by atoms with E-state index >= 15 is 0 Å². The molecule has 17 heavy (non-hydrogen) atoms. The lowest BCUT2D eigenvalue weighted by atomic mass is 9.99. The number of hydrogen-bond donors (Lipinski definition) is 2. The van der Waals surface area contributed by atoms with Gasteiger partial charge in [-0.15, -0.1) is 0 Å². The summed E-state index contributed by atoms with van der Waals surface area (Å²) in [5, 5.41) is 12.5. The van der Waals surface area contributed by atoms with Gasteiger partial charge >= 0.3 is 0 Å². The molecule has 0 spiro atoms. The van der Waals surface area contributed by atoms with E-state index in [1.807, 2.05) is 30.5 Å². The van der Waals surface area contributed by atoms with Gasteiger partial charge in [-0.25, -0.2) is 0 Å². The second kappa shape index (κ2) is 3.95. The molecule has 3 aromatic rings. The summed E-state index contributed by atoms with van der Waals surface area (Å²) < 4.78 is 0. The van der Waals surface area contributed by atoms with Crippen LogP contribution in [0.4, 0.5) is 0 Å². The van der Waals surface area contributed by atoms with Gasteiger partial charge in [0.1, 0.15) is 5.69 Å². The van der Waals surface area contributed by atoms with Crippen LogP contribution in [0.25, 0.3) is 10.8 Å². The van der Waals surface area contributed by atoms with E-state index < -0.39 is 0 Å². The molecule has 0 aliphatic rings. The monoisotopic (exact) mass is 225 g/mol. The van der Waals surface area contributed by atoms with Gasteiger partial charge < -0.3 is 5.73 Å². The SMILES string of the molecule is NC(c1cn[nH]n1)c1cccc2cnccc12. The Morgan fingerprint density at radius 1 is 1.18 bits per heavy atom. The standard InChI is InChI=1S/C12H11N5/c13-12(11-7-15-17-16-11)10-3-1-2-8-6-14-5-4-9(8)10/h1-7,12H,13H2,(H,15,16,17). The Hall–Kier alpha value is -2.27. The Morgan fingerprint density at radius 2 is 2.12 bits per heavy atom. The number of nitrogens with one attached hydrogen (secondary N) is 1. The van der Waals surface area contributed by atoms with Crippen molar-refractivity contribution in [2.24, 2.45) is 5.73 Å². The van der Waals surface area contributed by atoms with Crippen molar-refractivity contribution >= 4 is 10.8 Å². The first-order valence-corrected chi connectivity index (χ1v) is 5.30. The lowest BCUT2D eigenvalue weighted by molar-refractivity contribution is 0.815. The van der Waals surface area contributed by atoms with Gasteiger partial charge in [0.25, 0.3) is 0 Å². The minimum absolute atomic E-state index is 0.278. The quantitative estimate of drug-likeness (QED) is 0.690. The first-order chi connectivity index (χ1) is 8.36. The highest BCUT2D eigenvalue weighted by atomic mass is 15.3. The van der Waals surface area contributed by atoms with Crippen LogP contribution in [0.1, 0.15) is 17.3 Å². The number of benzene rings is 1. The van der Waals surface area contributed by atoms with Gasteiger partial charge in [-0.2, -0.15) is 15.4 Å². The minimum atomic E-state index is -0.278. The van der Waals surface area contributed by atoms with E-state index in [4.69, 9.17) is 5.73 Å². The second-order valence-electron chi connectivity index (χ2n) is 3.82. The fourth-order valence-corrected chi connectivity index (χ4v) is 1.94. The summed E-state index contributed by atoms with van der Waals surface area (Å²) in [5.41, 5.74) is 7.94. The van der Waals surface area contributed by atoms with Crippen LogP contribution in [0.3, 0.4) is 0 Å². The molecule has 0 aliphatic heterocycles. The summed E-state index contributed by atoms with van der Waals surface area (Å²) in [6, 6.07) is 7.67. The highest BCUT2D eigenvalue weighted by molar-refractivity contribution is 5.85. The van der Waals surface area contributed by atoms with Crippen molar-refractivity contribution in [3.05, 3.63) is 54.1 Å². The van der Waals surface area contributed by atoms with Crippen molar-refractivity contribution in [2.75, 3.05) is 0 Å². The summed E-state index contributed by atoms with van der Waals surface area (Å²) in [4.78, 5) is 4.10. The molecule has 1 atom stereocenters. The molecule has 5 heteroatoms. The molecule has 0 fully saturated rings. The predicted molar refractivity (Wildman–Crippen MR) is 64.2 cm³/mol. The number of aromatic nitrogens is 4. The zero-order valence-corrected chi connectivity index (χ0v) is 9.04. The van der Waals surface area contributed by atoms with Gasteiger partial charge in [0, 0.05) is 17.8 Å². The number of pyridine rings is 1. The van der Waals surface area contributed by atoms with Crippen LogP contribution in [0.2, 0.25) is 0 Å². The molecule has 84 valence electrons. The molecule has 2 aromatic heterocycles. The molecule has 3 rings (SSSR count). The van der Waals surface area contributed by atoms with E-state index in [1.165, 1.54) is 0 Å². The van der Waals surface area contributed by atoms with Gasteiger partial charge in [0.15, 0.2) is 0 Å². The summed E-state index contributed by atoms with van der Waals surface area (Å²) in [5.74, 6) is 0. The molecule has 0 saturated carbocycles. The van der Waals surface area contributed by atoms with Crippen molar-refractivity contribution in [1.29, 1.82) is 0 Å². The van der Waals surface area contributed by atoms with Crippen molar-refractivity contribution in [1.82, 2.24) is 20.4 Å². The van der Waals surface area contributed by atoms with E-state index in [0.29, 0.717) is 0 Å². The van der Waals surface area contributed by atoms with Gasteiger partial charge in [-0.05, 0) is 17.0 Å². The molecule has 0 aliphatic carbocycles. The fourth-order valence-electron chi connectivity index (χ4n) is 1.94. The van der Waals surface area contributed by atoms with Crippen LogP contribution < -0.4 is 5.73 Å². The molecule has 0 amide bonds. The second-order valence-corrected chi connectivity index (χ2v) is 3.82. The van der Waals surface area contributed by atoms with Crippen LogP contribution in [0, 0.1) is 0 Å². The Morgan fingerprint density at radius 3 is 2.94 bits per heavy atom. The van der Waals surface area contributed by atoms with Gasteiger partial charge in [-0.3, -0.25) is 4.98 Å². The molecule has 0 radical (unpaired) electrons. The lowest BCUT2D eigenvalue weighted by Crippen LogP contribution is -2.12. The molecule has 0 saturated heterocycles. The minimum Gasteiger partial charge on any atom is -0.319 e. The maximum atomic E-state index is 6.18. The highest BCUT2D eigenvalue weighted by Crippen LogP contribution is 2.25. The number of H-pyrrole nitrogens is 1. The third-order valence-electron chi connectivity index (χ3n) is 2.80. The molecule has 2 heterocycles. The fraction of sp³-hybridized carbons (Fsp3) is 0.0833. The molecular formula is C12H11N5. The summed E-state index contributed by atoms with van der Waals surface area (Å²) in [7, 11) is 0. The van der Waals surface area contributed by atoms with E-state index in [-0.39, 0.29) is 6.04 Å². The van der Waals surface area contributed by atoms with Crippen LogP contribution in [0.5, 0.6) is 0 Å². The van der Waals surface area contributed by atoms with Crippen LogP contribution in [0.15, 0.2) is 42.9 Å². The average molecular weight is 225 g/mol. The smallest absolute Gasteiger partial charge is 0.104 e. The number of fused-ring (bicyclic) bond motifs is 1. The number of rotatable bonds is 2.